The first-order chi connectivity index (χ1) is 15.7. The first-order valence-corrected chi connectivity index (χ1v) is 13.4. The highest BCUT2D eigenvalue weighted by Gasteiger charge is 2.15. The number of hydrogen-bond donors (Lipinski definition) is 2. The zero-order chi connectivity index (χ0) is 23.6. The monoisotopic (exact) mass is 504 g/mol. The van der Waals surface area contributed by atoms with E-state index in [0.717, 1.165) is 15.8 Å². The van der Waals surface area contributed by atoms with Gasteiger partial charge in [0.15, 0.2) is 15.0 Å². The van der Waals surface area contributed by atoms with Crippen LogP contribution >= 0.6 is 22.7 Å². The molecule has 0 saturated heterocycles. The quantitative estimate of drug-likeness (QED) is 0.361. The summed E-state index contributed by atoms with van der Waals surface area (Å²) in [5.41, 5.74) is 1.11. The van der Waals surface area contributed by atoms with Crippen LogP contribution < -0.4 is 14.8 Å². The molecule has 1 atom stereocenters. The molecule has 2 heterocycles. The standard InChI is InChI=1S/C22H20N2O6S3/c1-13(12-25)29-16-9-14(20(26)24-22-23-19-7-8-31-21(19)32-22)10-17(11-16)30-15-3-5-18(6-4-15)33(2,27)28/h3-11,13,25H,12H2,1-2H3,(H,23,24,26)/t13-/m0/s1. The number of aliphatic hydroxyl groups is 1. The Morgan fingerprint density at radius 3 is 2.52 bits per heavy atom. The van der Waals surface area contributed by atoms with Gasteiger partial charge in [-0.05, 0) is 54.8 Å². The van der Waals surface area contributed by atoms with Gasteiger partial charge in [0.05, 0.1) is 17.0 Å². The molecular weight excluding hydrogens is 484 g/mol. The molecule has 0 aliphatic rings. The lowest BCUT2D eigenvalue weighted by molar-refractivity contribution is 0.102. The van der Waals surface area contributed by atoms with Crippen molar-refractivity contribution in [2.75, 3.05) is 18.2 Å². The van der Waals surface area contributed by atoms with E-state index in [2.05, 4.69) is 10.3 Å². The number of nitrogens with zero attached hydrogens (tertiary/aromatic N) is 1. The number of amides is 1. The van der Waals surface area contributed by atoms with Crippen LogP contribution in [0.2, 0.25) is 0 Å². The lowest BCUT2D eigenvalue weighted by Gasteiger charge is -2.15. The van der Waals surface area contributed by atoms with Gasteiger partial charge in [-0.15, -0.1) is 11.3 Å². The number of anilines is 1. The van der Waals surface area contributed by atoms with E-state index >= 15 is 0 Å². The number of thiazole rings is 1. The van der Waals surface area contributed by atoms with Crippen molar-refractivity contribution in [3.8, 4) is 17.2 Å². The summed E-state index contributed by atoms with van der Waals surface area (Å²) in [6.45, 7) is 1.49. The lowest BCUT2D eigenvalue weighted by Crippen LogP contribution is -2.17. The molecule has 172 valence electrons. The van der Waals surface area contributed by atoms with Crippen LogP contribution in [0.25, 0.3) is 9.53 Å². The molecule has 33 heavy (non-hydrogen) atoms. The Hall–Kier alpha value is -2.99. The number of aliphatic hydroxyl groups excluding tert-OH is 1. The summed E-state index contributed by atoms with van der Waals surface area (Å²) in [5.74, 6) is 0.652. The number of aromatic nitrogens is 1. The maximum absolute atomic E-state index is 12.9. The van der Waals surface area contributed by atoms with Gasteiger partial charge in [-0.25, -0.2) is 13.4 Å². The fourth-order valence-corrected chi connectivity index (χ4v) is 5.34. The molecular formula is C22H20N2O6S3. The van der Waals surface area contributed by atoms with Crippen molar-refractivity contribution in [2.45, 2.75) is 17.9 Å². The van der Waals surface area contributed by atoms with Crippen LogP contribution in [0.1, 0.15) is 17.3 Å². The maximum Gasteiger partial charge on any atom is 0.257 e. The van der Waals surface area contributed by atoms with Crippen molar-refractivity contribution in [1.82, 2.24) is 4.98 Å². The highest BCUT2D eigenvalue weighted by molar-refractivity contribution is 7.90. The average molecular weight is 505 g/mol. The van der Waals surface area contributed by atoms with E-state index in [1.54, 1.807) is 36.5 Å². The van der Waals surface area contributed by atoms with Crippen LogP contribution in [-0.2, 0) is 9.84 Å². The summed E-state index contributed by atoms with van der Waals surface area (Å²) < 4.78 is 35.9. The topological polar surface area (TPSA) is 115 Å². The second-order valence-corrected chi connectivity index (χ2v) is 11.4. The minimum Gasteiger partial charge on any atom is -0.488 e. The zero-order valence-corrected chi connectivity index (χ0v) is 20.1. The molecule has 0 radical (unpaired) electrons. The minimum absolute atomic E-state index is 0.173. The summed E-state index contributed by atoms with van der Waals surface area (Å²) in [6, 6.07) is 12.5. The largest absolute Gasteiger partial charge is 0.488 e. The molecule has 8 nitrogen and oxygen atoms in total. The lowest BCUT2D eigenvalue weighted by atomic mass is 10.2. The second kappa shape index (κ2) is 9.48. The number of carbonyl (C=O) groups excluding carboxylic acids is 1. The average Bonchev–Trinajstić information content (AvgIpc) is 3.35. The maximum atomic E-state index is 12.9. The molecule has 0 aliphatic heterocycles. The van der Waals surface area contributed by atoms with Crippen molar-refractivity contribution in [2.24, 2.45) is 0 Å². The van der Waals surface area contributed by atoms with Gasteiger partial charge in [0.25, 0.3) is 5.91 Å². The Morgan fingerprint density at radius 2 is 1.85 bits per heavy atom. The van der Waals surface area contributed by atoms with Crippen molar-refractivity contribution in [3.05, 3.63) is 59.5 Å². The Kier molecular flexibility index (Phi) is 6.66. The summed E-state index contributed by atoms with van der Waals surface area (Å²) in [5, 5.41) is 14.5. The zero-order valence-electron chi connectivity index (χ0n) is 17.6. The number of thiophene rings is 1. The number of rotatable bonds is 8. The number of benzene rings is 2. The van der Waals surface area contributed by atoms with E-state index in [-0.39, 0.29) is 17.1 Å². The molecule has 0 unspecified atom stereocenters. The van der Waals surface area contributed by atoms with Gasteiger partial charge >= 0.3 is 0 Å². The van der Waals surface area contributed by atoms with Crippen LogP contribution in [0.5, 0.6) is 17.2 Å². The fourth-order valence-electron chi connectivity index (χ4n) is 2.88. The van der Waals surface area contributed by atoms with Crippen molar-refractivity contribution >= 4 is 53.1 Å². The third-order valence-electron chi connectivity index (χ3n) is 4.47. The highest BCUT2D eigenvalue weighted by atomic mass is 32.2. The Labute approximate surface area is 198 Å². The Bertz CT molecular complexity index is 1360. The number of sulfone groups is 1. The molecule has 11 heteroatoms. The first kappa shape index (κ1) is 23.2. The number of fused-ring (bicyclic) bond motifs is 1. The van der Waals surface area contributed by atoms with E-state index in [0.29, 0.717) is 22.4 Å². The first-order valence-electron chi connectivity index (χ1n) is 9.77. The molecule has 0 saturated carbocycles. The van der Waals surface area contributed by atoms with Crippen molar-refractivity contribution < 1.29 is 27.8 Å². The van der Waals surface area contributed by atoms with Crippen LogP contribution in [0.3, 0.4) is 0 Å². The number of ether oxygens (including phenoxy) is 2. The van der Waals surface area contributed by atoms with Gasteiger partial charge < -0.3 is 14.6 Å². The summed E-state index contributed by atoms with van der Waals surface area (Å²) in [6.07, 6.45) is 0.638. The van der Waals surface area contributed by atoms with E-state index in [1.165, 1.54) is 35.6 Å². The van der Waals surface area contributed by atoms with E-state index < -0.39 is 21.8 Å². The van der Waals surface area contributed by atoms with Gasteiger partial charge in [0.2, 0.25) is 0 Å². The molecule has 2 aromatic carbocycles. The molecule has 2 aromatic heterocycles. The van der Waals surface area contributed by atoms with Gasteiger partial charge in [-0.1, -0.05) is 11.3 Å². The SMILES string of the molecule is C[C@@H](CO)Oc1cc(Oc2ccc(S(C)(=O)=O)cc2)cc(C(=O)Nc2nc3ccsc3s2)c1. The summed E-state index contributed by atoms with van der Waals surface area (Å²) >= 11 is 2.94. The van der Waals surface area contributed by atoms with Crippen LogP contribution in [0.15, 0.2) is 58.8 Å². The highest BCUT2D eigenvalue weighted by Crippen LogP contribution is 2.32. The molecule has 0 bridgehead atoms. The second-order valence-electron chi connectivity index (χ2n) is 7.22. The third-order valence-corrected chi connectivity index (χ3v) is 7.61. The van der Waals surface area contributed by atoms with E-state index in [9.17, 15) is 18.3 Å². The van der Waals surface area contributed by atoms with Crippen LogP contribution in [-0.4, -0.2) is 43.4 Å². The minimum atomic E-state index is -3.33. The van der Waals surface area contributed by atoms with E-state index in [4.69, 9.17) is 9.47 Å². The molecule has 0 aliphatic carbocycles. The Balaban J connectivity index is 1.60. The summed E-state index contributed by atoms with van der Waals surface area (Å²) in [7, 11) is -3.33. The third kappa shape index (κ3) is 5.69. The number of nitrogens with one attached hydrogen (secondary N) is 1. The fraction of sp³-hybridized carbons (Fsp3) is 0.182. The predicted octanol–water partition coefficient (Wildman–Crippen LogP) is 4.57. The molecule has 4 rings (SSSR count). The normalized spacial score (nSPS) is 12.5. The molecule has 0 fully saturated rings. The van der Waals surface area contributed by atoms with Crippen LogP contribution in [0, 0.1) is 0 Å². The van der Waals surface area contributed by atoms with E-state index in [1.807, 2.05) is 11.4 Å². The molecule has 0 spiro atoms. The summed E-state index contributed by atoms with van der Waals surface area (Å²) in [4.78, 5) is 17.5. The van der Waals surface area contributed by atoms with Gasteiger partial charge in [-0.2, -0.15) is 0 Å². The molecule has 2 N–H and O–H groups in total. The number of hydrogen-bond acceptors (Lipinski definition) is 9. The van der Waals surface area contributed by atoms with Gasteiger partial charge in [-0.3, -0.25) is 10.1 Å². The van der Waals surface area contributed by atoms with Crippen molar-refractivity contribution in [3.63, 3.8) is 0 Å². The van der Waals surface area contributed by atoms with Gasteiger partial charge in [0.1, 0.15) is 27.4 Å². The predicted molar refractivity (Wildman–Crippen MR) is 129 cm³/mol. The van der Waals surface area contributed by atoms with Crippen molar-refractivity contribution in [1.29, 1.82) is 0 Å². The molecule has 4 aromatic rings. The number of carbonyl (C=O) groups is 1. The van der Waals surface area contributed by atoms with Crippen LogP contribution in [0.4, 0.5) is 5.13 Å². The smallest absolute Gasteiger partial charge is 0.257 e. The molecule has 1 amide bonds. The Morgan fingerprint density at radius 1 is 1.12 bits per heavy atom. The van der Waals surface area contributed by atoms with Gasteiger partial charge in [0, 0.05) is 17.9 Å².